The van der Waals surface area contributed by atoms with Crippen LogP contribution in [-0.4, -0.2) is 72.3 Å². The molecule has 0 aromatic carbocycles. The number of allylic oxidation sites excluding steroid dienone is 1. The summed E-state index contributed by atoms with van der Waals surface area (Å²) in [5.74, 6) is -0.871. The number of carbonyl (C=O) groups is 4. The number of likely N-dealkylation sites (N-methyl/N-ethyl adjacent to an activating group) is 1. The summed E-state index contributed by atoms with van der Waals surface area (Å²) in [5, 5.41) is 12.0. The van der Waals surface area contributed by atoms with E-state index in [9.17, 15) is 19.2 Å². The number of amides is 4. The molecule has 0 bridgehead atoms. The standard InChI is InChI=1S/C28H45N5O4/c1-6-22-17(2)11-10-14-23(22)31-27(36)24-15-21(30-19(4)34)16-33(24)28(37)25(20-12-8-7-9-13-20)32-26(35)18(3)29-5/h6,18,20-21,23-25,29H,1,7-16H2,2-5H3,(H,30,34)(H,31,36)(H,32,35)/t18-,21-,23+,24-,25-/m0/s1. The number of nitrogens with zero attached hydrogens (tertiary/aromatic N) is 1. The molecule has 37 heavy (non-hydrogen) atoms. The maximum Gasteiger partial charge on any atom is 0.246 e. The molecule has 0 spiro atoms. The highest BCUT2D eigenvalue weighted by atomic mass is 16.2. The SMILES string of the molecule is C=CC1=C(C)CCC[C@H]1NC(=O)[C@@H]1C[C@H](NC(C)=O)CN1C(=O)[C@@H](NC(=O)[C@H](C)NC)C1CCCCC1. The molecule has 0 aromatic rings. The Balaban J connectivity index is 1.85. The summed E-state index contributed by atoms with van der Waals surface area (Å²) in [5.41, 5.74) is 2.27. The third-order valence-electron chi connectivity index (χ3n) is 8.25. The second kappa shape index (κ2) is 13.2. The summed E-state index contributed by atoms with van der Waals surface area (Å²) < 4.78 is 0. The molecule has 2 aliphatic carbocycles. The van der Waals surface area contributed by atoms with Crippen LogP contribution in [0.25, 0.3) is 0 Å². The van der Waals surface area contributed by atoms with Gasteiger partial charge in [-0.2, -0.15) is 0 Å². The summed E-state index contributed by atoms with van der Waals surface area (Å²) in [6, 6.07) is -2.32. The van der Waals surface area contributed by atoms with Gasteiger partial charge in [0.15, 0.2) is 0 Å². The van der Waals surface area contributed by atoms with Crippen molar-refractivity contribution in [3.63, 3.8) is 0 Å². The van der Waals surface area contributed by atoms with Gasteiger partial charge in [0.1, 0.15) is 12.1 Å². The van der Waals surface area contributed by atoms with E-state index in [1.807, 2.05) is 6.08 Å². The lowest BCUT2D eigenvalue weighted by Gasteiger charge is -2.35. The van der Waals surface area contributed by atoms with Gasteiger partial charge >= 0.3 is 0 Å². The lowest BCUT2D eigenvalue weighted by atomic mass is 9.83. The van der Waals surface area contributed by atoms with Crippen molar-refractivity contribution in [3.05, 3.63) is 23.8 Å². The van der Waals surface area contributed by atoms with E-state index in [2.05, 4.69) is 34.8 Å². The minimum atomic E-state index is -0.720. The van der Waals surface area contributed by atoms with Crippen molar-refractivity contribution in [2.24, 2.45) is 5.92 Å². The molecular formula is C28H45N5O4. The molecule has 1 aliphatic heterocycles. The highest BCUT2D eigenvalue weighted by Crippen LogP contribution is 2.30. The summed E-state index contributed by atoms with van der Waals surface area (Å²) in [6.45, 7) is 9.44. The molecular weight excluding hydrogens is 470 g/mol. The van der Waals surface area contributed by atoms with E-state index >= 15 is 0 Å². The van der Waals surface area contributed by atoms with Crippen LogP contribution in [0.3, 0.4) is 0 Å². The lowest BCUT2D eigenvalue weighted by molar-refractivity contribution is -0.143. The zero-order valence-corrected chi connectivity index (χ0v) is 22.9. The van der Waals surface area contributed by atoms with Gasteiger partial charge in [0, 0.05) is 19.5 Å². The minimum Gasteiger partial charge on any atom is -0.352 e. The fraction of sp³-hybridized carbons (Fsp3) is 0.714. The van der Waals surface area contributed by atoms with Gasteiger partial charge in [0.25, 0.3) is 0 Å². The van der Waals surface area contributed by atoms with E-state index in [1.165, 1.54) is 12.5 Å². The second-order valence-corrected chi connectivity index (χ2v) is 10.9. The smallest absolute Gasteiger partial charge is 0.246 e. The minimum absolute atomic E-state index is 0.0223. The summed E-state index contributed by atoms with van der Waals surface area (Å²) in [7, 11) is 1.71. The second-order valence-electron chi connectivity index (χ2n) is 10.9. The third kappa shape index (κ3) is 7.21. The van der Waals surface area contributed by atoms with Gasteiger partial charge in [0.2, 0.25) is 23.6 Å². The largest absolute Gasteiger partial charge is 0.352 e. The van der Waals surface area contributed by atoms with Gasteiger partial charge in [-0.05, 0) is 70.9 Å². The first kappa shape index (κ1) is 28.9. The number of hydrogen-bond donors (Lipinski definition) is 4. The first-order valence-corrected chi connectivity index (χ1v) is 13.8. The Kier molecular flexibility index (Phi) is 10.3. The fourth-order valence-corrected chi connectivity index (χ4v) is 6.06. The van der Waals surface area contributed by atoms with Gasteiger partial charge in [0.05, 0.1) is 12.1 Å². The molecule has 9 heteroatoms. The van der Waals surface area contributed by atoms with E-state index in [4.69, 9.17) is 0 Å². The van der Waals surface area contributed by atoms with Crippen LogP contribution >= 0.6 is 0 Å². The van der Waals surface area contributed by atoms with Crippen molar-refractivity contribution in [3.8, 4) is 0 Å². The molecule has 4 amide bonds. The Bertz CT molecular complexity index is 910. The average Bonchev–Trinajstić information content (AvgIpc) is 3.30. The molecule has 0 unspecified atom stereocenters. The topological polar surface area (TPSA) is 120 Å². The zero-order valence-electron chi connectivity index (χ0n) is 22.9. The van der Waals surface area contributed by atoms with Crippen LogP contribution in [0.4, 0.5) is 0 Å². The number of nitrogens with one attached hydrogen (secondary N) is 4. The monoisotopic (exact) mass is 515 g/mol. The molecule has 1 heterocycles. The van der Waals surface area contributed by atoms with Crippen LogP contribution in [0.2, 0.25) is 0 Å². The van der Waals surface area contributed by atoms with E-state index in [1.54, 1.807) is 18.9 Å². The summed E-state index contributed by atoms with van der Waals surface area (Å²) in [4.78, 5) is 54.0. The van der Waals surface area contributed by atoms with Crippen LogP contribution in [0.5, 0.6) is 0 Å². The quantitative estimate of drug-likeness (QED) is 0.374. The van der Waals surface area contributed by atoms with Crippen molar-refractivity contribution in [1.29, 1.82) is 0 Å². The lowest BCUT2D eigenvalue weighted by Crippen LogP contribution is -2.58. The van der Waals surface area contributed by atoms with E-state index < -0.39 is 18.1 Å². The summed E-state index contributed by atoms with van der Waals surface area (Å²) in [6.07, 6.45) is 9.82. The molecule has 0 radical (unpaired) electrons. The molecule has 206 valence electrons. The fourth-order valence-electron chi connectivity index (χ4n) is 6.06. The molecule has 2 fully saturated rings. The molecule has 4 N–H and O–H groups in total. The van der Waals surface area contributed by atoms with Crippen molar-refractivity contribution in [2.75, 3.05) is 13.6 Å². The highest BCUT2D eigenvalue weighted by molar-refractivity contribution is 5.94. The Labute approximate surface area is 221 Å². The molecule has 5 atom stereocenters. The molecule has 3 aliphatic rings. The van der Waals surface area contributed by atoms with Crippen LogP contribution in [0.1, 0.15) is 78.6 Å². The third-order valence-corrected chi connectivity index (χ3v) is 8.25. The highest BCUT2D eigenvalue weighted by Gasteiger charge is 2.45. The maximum absolute atomic E-state index is 14.1. The number of hydrogen-bond acceptors (Lipinski definition) is 5. The van der Waals surface area contributed by atoms with Gasteiger partial charge < -0.3 is 26.2 Å². The van der Waals surface area contributed by atoms with Crippen molar-refractivity contribution in [2.45, 2.75) is 109 Å². The van der Waals surface area contributed by atoms with Crippen LogP contribution in [0, 0.1) is 5.92 Å². The van der Waals surface area contributed by atoms with Gasteiger partial charge in [-0.3, -0.25) is 19.2 Å². The molecule has 1 saturated heterocycles. The van der Waals surface area contributed by atoms with Gasteiger partial charge in [-0.25, -0.2) is 0 Å². The predicted molar refractivity (Wildman–Crippen MR) is 143 cm³/mol. The first-order valence-electron chi connectivity index (χ1n) is 13.8. The van der Waals surface area contributed by atoms with Crippen LogP contribution in [0.15, 0.2) is 23.8 Å². The van der Waals surface area contributed by atoms with Crippen molar-refractivity contribution < 1.29 is 19.2 Å². The van der Waals surface area contributed by atoms with Crippen LogP contribution < -0.4 is 21.3 Å². The van der Waals surface area contributed by atoms with Gasteiger partial charge in [-0.1, -0.05) is 37.5 Å². The Morgan fingerprint density at radius 3 is 2.38 bits per heavy atom. The van der Waals surface area contributed by atoms with Crippen molar-refractivity contribution in [1.82, 2.24) is 26.2 Å². The van der Waals surface area contributed by atoms with Crippen LogP contribution in [-0.2, 0) is 19.2 Å². The number of likely N-dealkylation sites (tertiary alicyclic amines) is 1. The first-order chi connectivity index (χ1) is 17.7. The van der Waals surface area contributed by atoms with E-state index in [0.29, 0.717) is 6.42 Å². The van der Waals surface area contributed by atoms with Crippen molar-refractivity contribution >= 4 is 23.6 Å². The maximum atomic E-state index is 14.1. The molecule has 0 aromatic heterocycles. The molecule has 9 nitrogen and oxygen atoms in total. The van der Waals surface area contributed by atoms with E-state index in [0.717, 1.165) is 56.9 Å². The Morgan fingerprint density at radius 2 is 1.76 bits per heavy atom. The zero-order chi connectivity index (χ0) is 27.1. The Morgan fingerprint density at radius 1 is 1.05 bits per heavy atom. The molecule has 1 saturated carbocycles. The summed E-state index contributed by atoms with van der Waals surface area (Å²) >= 11 is 0. The van der Waals surface area contributed by atoms with E-state index in [-0.39, 0.29) is 48.2 Å². The number of rotatable bonds is 9. The predicted octanol–water partition coefficient (Wildman–Crippen LogP) is 1.94. The normalized spacial score (nSPS) is 26.3. The molecule has 3 rings (SSSR count). The average molecular weight is 516 g/mol. The number of carbonyl (C=O) groups excluding carboxylic acids is 4. The van der Waals surface area contributed by atoms with Gasteiger partial charge in [-0.15, -0.1) is 0 Å². The Hall–Kier alpha value is -2.68.